The van der Waals surface area contributed by atoms with Gasteiger partial charge in [-0.2, -0.15) is 0 Å². The molecular weight excluding hydrogens is 323 g/mol. The maximum absolute atomic E-state index is 6.38. The highest BCUT2D eigenvalue weighted by Crippen LogP contribution is 2.27. The summed E-state index contributed by atoms with van der Waals surface area (Å²) in [4.78, 5) is 3.41. The van der Waals surface area contributed by atoms with Gasteiger partial charge in [-0.25, -0.2) is 0 Å². The van der Waals surface area contributed by atoms with Crippen molar-refractivity contribution >= 4 is 40.2 Å². The average Bonchev–Trinajstić information content (AvgIpc) is 2.82. The van der Waals surface area contributed by atoms with Gasteiger partial charge in [0.25, 0.3) is 0 Å². The summed E-state index contributed by atoms with van der Waals surface area (Å²) in [6, 6.07) is 10.7. The SMILES string of the molecule is CC(C)NCc1ccc(N(C)Cc2ccc(Cl)s2)cc1Cl. The lowest BCUT2D eigenvalue weighted by Gasteiger charge is -2.20. The Morgan fingerprint density at radius 1 is 1.19 bits per heavy atom. The van der Waals surface area contributed by atoms with Gasteiger partial charge in [-0.1, -0.05) is 43.1 Å². The molecule has 21 heavy (non-hydrogen) atoms. The molecule has 2 rings (SSSR count). The topological polar surface area (TPSA) is 15.3 Å². The third kappa shape index (κ3) is 4.89. The molecule has 0 bridgehead atoms. The molecule has 0 aliphatic rings. The van der Waals surface area contributed by atoms with Crippen LogP contribution in [0.2, 0.25) is 9.36 Å². The summed E-state index contributed by atoms with van der Waals surface area (Å²) in [7, 11) is 2.06. The van der Waals surface area contributed by atoms with Crippen LogP contribution in [-0.4, -0.2) is 13.1 Å². The van der Waals surface area contributed by atoms with E-state index in [-0.39, 0.29) is 0 Å². The second kappa shape index (κ2) is 7.50. The molecule has 0 saturated carbocycles. The molecular formula is C16H20Cl2N2S. The third-order valence-corrected chi connectivity index (χ3v) is 4.77. The van der Waals surface area contributed by atoms with E-state index in [1.807, 2.05) is 12.1 Å². The van der Waals surface area contributed by atoms with Crippen molar-refractivity contribution < 1.29 is 0 Å². The van der Waals surface area contributed by atoms with Gasteiger partial charge in [0.2, 0.25) is 0 Å². The molecule has 1 aromatic carbocycles. The lowest BCUT2D eigenvalue weighted by atomic mass is 10.2. The lowest BCUT2D eigenvalue weighted by Crippen LogP contribution is -2.22. The van der Waals surface area contributed by atoms with Gasteiger partial charge in [-0.15, -0.1) is 11.3 Å². The number of thiophene rings is 1. The Kier molecular flexibility index (Phi) is 5.94. The van der Waals surface area contributed by atoms with Gasteiger partial charge < -0.3 is 10.2 Å². The van der Waals surface area contributed by atoms with Crippen LogP contribution in [0.5, 0.6) is 0 Å². The van der Waals surface area contributed by atoms with Crippen LogP contribution >= 0.6 is 34.5 Å². The Bertz CT molecular complexity index is 596. The molecule has 0 fully saturated rings. The zero-order valence-electron chi connectivity index (χ0n) is 12.5. The number of nitrogens with zero attached hydrogens (tertiary/aromatic N) is 1. The summed E-state index contributed by atoms with van der Waals surface area (Å²) >= 11 is 14.0. The summed E-state index contributed by atoms with van der Waals surface area (Å²) in [6.07, 6.45) is 0. The third-order valence-electron chi connectivity index (χ3n) is 3.20. The van der Waals surface area contributed by atoms with Gasteiger partial charge in [0.15, 0.2) is 0 Å². The summed E-state index contributed by atoms with van der Waals surface area (Å²) in [5, 5.41) is 4.19. The number of halogens is 2. The minimum atomic E-state index is 0.451. The van der Waals surface area contributed by atoms with Crippen LogP contribution < -0.4 is 10.2 Å². The first-order chi connectivity index (χ1) is 9.95. The van der Waals surface area contributed by atoms with E-state index in [1.54, 1.807) is 11.3 Å². The molecule has 0 spiro atoms. The molecule has 0 amide bonds. The van der Waals surface area contributed by atoms with Crippen LogP contribution in [-0.2, 0) is 13.1 Å². The summed E-state index contributed by atoms with van der Waals surface area (Å²) < 4.78 is 0.826. The van der Waals surface area contributed by atoms with Crippen molar-refractivity contribution in [2.24, 2.45) is 0 Å². The van der Waals surface area contributed by atoms with Crippen molar-refractivity contribution in [3.63, 3.8) is 0 Å². The molecule has 5 heteroatoms. The van der Waals surface area contributed by atoms with E-state index >= 15 is 0 Å². The first kappa shape index (κ1) is 16.6. The lowest BCUT2D eigenvalue weighted by molar-refractivity contribution is 0.589. The van der Waals surface area contributed by atoms with Crippen LogP contribution in [0, 0.1) is 0 Å². The zero-order chi connectivity index (χ0) is 15.4. The van der Waals surface area contributed by atoms with E-state index in [1.165, 1.54) is 4.88 Å². The van der Waals surface area contributed by atoms with Crippen molar-refractivity contribution in [3.8, 4) is 0 Å². The van der Waals surface area contributed by atoms with Crippen LogP contribution in [0.25, 0.3) is 0 Å². The molecule has 0 aliphatic heterocycles. The highest BCUT2D eigenvalue weighted by atomic mass is 35.5. The highest BCUT2D eigenvalue weighted by molar-refractivity contribution is 7.16. The number of hydrogen-bond donors (Lipinski definition) is 1. The fourth-order valence-corrected chi connectivity index (χ4v) is 3.38. The van der Waals surface area contributed by atoms with Gasteiger partial charge in [-0.3, -0.25) is 0 Å². The van der Waals surface area contributed by atoms with E-state index in [9.17, 15) is 0 Å². The zero-order valence-corrected chi connectivity index (χ0v) is 14.8. The standard InChI is InChI=1S/C16H20Cl2N2S/c1-11(2)19-9-12-4-5-13(8-15(12)17)20(3)10-14-6-7-16(18)21-14/h4-8,11,19H,9-10H2,1-3H3. The molecule has 0 aliphatic carbocycles. The number of hydrogen-bond acceptors (Lipinski definition) is 3. The summed E-state index contributed by atoms with van der Waals surface area (Å²) in [5.41, 5.74) is 2.24. The van der Waals surface area contributed by atoms with Crippen LogP contribution in [0.1, 0.15) is 24.3 Å². The Labute approximate surface area is 140 Å². The molecule has 0 unspecified atom stereocenters. The quantitative estimate of drug-likeness (QED) is 0.776. The monoisotopic (exact) mass is 342 g/mol. The fourth-order valence-electron chi connectivity index (χ4n) is 1.99. The molecule has 2 nitrogen and oxygen atoms in total. The molecule has 1 heterocycles. The summed E-state index contributed by atoms with van der Waals surface area (Å²) in [5.74, 6) is 0. The second-order valence-electron chi connectivity index (χ2n) is 5.37. The van der Waals surface area contributed by atoms with E-state index in [0.29, 0.717) is 6.04 Å². The van der Waals surface area contributed by atoms with Crippen molar-refractivity contribution in [2.75, 3.05) is 11.9 Å². The molecule has 2 aromatic rings. The van der Waals surface area contributed by atoms with Gasteiger partial charge in [-0.05, 0) is 29.8 Å². The smallest absolute Gasteiger partial charge is 0.0931 e. The molecule has 0 atom stereocenters. The minimum absolute atomic E-state index is 0.451. The van der Waals surface area contributed by atoms with Gasteiger partial charge >= 0.3 is 0 Å². The molecule has 1 N–H and O–H groups in total. The van der Waals surface area contributed by atoms with Crippen LogP contribution in [0.3, 0.4) is 0 Å². The van der Waals surface area contributed by atoms with Crippen molar-refractivity contribution in [1.29, 1.82) is 0 Å². The molecule has 0 radical (unpaired) electrons. The normalized spacial score (nSPS) is 11.1. The van der Waals surface area contributed by atoms with E-state index in [0.717, 1.165) is 33.7 Å². The molecule has 1 aromatic heterocycles. The van der Waals surface area contributed by atoms with Crippen molar-refractivity contribution in [3.05, 3.63) is 50.1 Å². The van der Waals surface area contributed by atoms with E-state index < -0.39 is 0 Å². The van der Waals surface area contributed by atoms with E-state index in [4.69, 9.17) is 23.2 Å². The maximum atomic E-state index is 6.38. The Balaban J connectivity index is 2.04. The van der Waals surface area contributed by atoms with Gasteiger partial charge in [0.1, 0.15) is 0 Å². The largest absolute Gasteiger partial charge is 0.369 e. The Hall–Kier alpha value is -0.740. The number of nitrogens with one attached hydrogen (secondary N) is 1. The molecule has 0 saturated heterocycles. The predicted molar refractivity (Wildman–Crippen MR) is 94.9 cm³/mol. The Morgan fingerprint density at radius 3 is 2.52 bits per heavy atom. The number of anilines is 1. The average molecular weight is 343 g/mol. The van der Waals surface area contributed by atoms with Crippen molar-refractivity contribution in [2.45, 2.75) is 33.0 Å². The predicted octanol–water partition coefficient (Wildman–Crippen LogP) is 5.19. The van der Waals surface area contributed by atoms with Crippen LogP contribution in [0.15, 0.2) is 30.3 Å². The number of rotatable bonds is 6. The minimum Gasteiger partial charge on any atom is -0.369 e. The summed E-state index contributed by atoms with van der Waals surface area (Å²) in [6.45, 7) is 5.88. The maximum Gasteiger partial charge on any atom is 0.0931 e. The first-order valence-electron chi connectivity index (χ1n) is 6.93. The van der Waals surface area contributed by atoms with Gasteiger partial charge in [0.05, 0.1) is 10.9 Å². The number of benzene rings is 1. The van der Waals surface area contributed by atoms with Crippen LogP contribution in [0.4, 0.5) is 5.69 Å². The Morgan fingerprint density at radius 2 is 1.95 bits per heavy atom. The highest BCUT2D eigenvalue weighted by Gasteiger charge is 2.08. The molecule has 114 valence electrons. The van der Waals surface area contributed by atoms with E-state index in [2.05, 4.69) is 49.3 Å². The first-order valence-corrected chi connectivity index (χ1v) is 8.50. The second-order valence-corrected chi connectivity index (χ2v) is 7.58. The van der Waals surface area contributed by atoms with Crippen molar-refractivity contribution in [1.82, 2.24) is 5.32 Å². The van der Waals surface area contributed by atoms with Gasteiger partial charge in [0, 0.05) is 35.2 Å². The fraction of sp³-hybridized carbons (Fsp3) is 0.375.